The minimum atomic E-state index is 0.336. The SMILES string of the molecule is c1ccc(-n2c(C34CC5CC(CC3C5)C4)nc3ccccc32)cc1. The Kier molecular flexibility index (Phi) is 2.48. The van der Waals surface area contributed by atoms with Gasteiger partial charge in [0.25, 0.3) is 0 Å². The molecule has 4 aliphatic rings. The number of hydrogen-bond acceptors (Lipinski definition) is 1. The van der Waals surface area contributed by atoms with Crippen LogP contribution in [-0.4, -0.2) is 9.55 Å². The molecule has 4 fully saturated rings. The number of para-hydroxylation sites is 3. The van der Waals surface area contributed by atoms with Crippen LogP contribution >= 0.6 is 0 Å². The van der Waals surface area contributed by atoms with Crippen molar-refractivity contribution in [1.29, 1.82) is 0 Å². The van der Waals surface area contributed by atoms with Crippen LogP contribution in [0, 0.1) is 17.8 Å². The van der Waals surface area contributed by atoms with E-state index in [9.17, 15) is 0 Å². The van der Waals surface area contributed by atoms with Crippen molar-refractivity contribution in [2.45, 2.75) is 37.5 Å². The first-order valence-electron chi connectivity index (χ1n) is 9.37. The van der Waals surface area contributed by atoms with Crippen molar-refractivity contribution in [3.05, 3.63) is 60.4 Å². The Bertz CT molecular complexity index is 910. The van der Waals surface area contributed by atoms with Gasteiger partial charge in [-0.3, -0.25) is 4.57 Å². The van der Waals surface area contributed by atoms with Gasteiger partial charge in [0.05, 0.1) is 11.0 Å². The molecule has 3 aromatic rings. The van der Waals surface area contributed by atoms with E-state index in [1.807, 2.05) is 0 Å². The van der Waals surface area contributed by atoms with Gasteiger partial charge >= 0.3 is 0 Å². The van der Waals surface area contributed by atoms with Crippen molar-refractivity contribution in [2.24, 2.45) is 17.8 Å². The largest absolute Gasteiger partial charge is 0.296 e. The Morgan fingerprint density at radius 2 is 1.54 bits per heavy atom. The molecule has 2 unspecified atom stereocenters. The number of fused-ring (bicyclic) bond motifs is 1. The first kappa shape index (κ1) is 13.2. The van der Waals surface area contributed by atoms with Crippen LogP contribution < -0.4 is 0 Å². The molecule has 120 valence electrons. The molecule has 1 aromatic heterocycles. The van der Waals surface area contributed by atoms with E-state index < -0.39 is 0 Å². The molecule has 24 heavy (non-hydrogen) atoms. The van der Waals surface area contributed by atoms with E-state index in [4.69, 9.17) is 4.98 Å². The highest BCUT2D eigenvalue weighted by atomic mass is 15.1. The van der Waals surface area contributed by atoms with Gasteiger partial charge in [-0.25, -0.2) is 4.98 Å². The molecule has 0 N–H and O–H groups in total. The summed E-state index contributed by atoms with van der Waals surface area (Å²) >= 11 is 0. The molecule has 4 aliphatic carbocycles. The summed E-state index contributed by atoms with van der Waals surface area (Å²) in [7, 11) is 0. The van der Waals surface area contributed by atoms with Crippen LogP contribution in [0.3, 0.4) is 0 Å². The average Bonchev–Trinajstić information content (AvgIpc) is 3.20. The minimum Gasteiger partial charge on any atom is -0.296 e. The molecule has 2 aromatic carbocycles. The fraction of sp³-hybridized carbons (Fsp3) is 0.409. The molecule has 2 heteroatoms. The molecule has 4 bridgehead atoms. The smallest absolute Gasteiger partial charge is 0.121 e. The molecule has 0 aliphatic heterocycles. The molecule has 0 amide bonds. The lowest BCUT2D eigenvalue weighted by molar-refractivity contribution is 0.260. The van der Waals surface area contributed by atoms with Crippen LogP contribution in [0.15, 0.2) is 54.6 Å². The molecular formula is C22H22N2. The summed E-state index contributed by atoms with van der Waals surface area (Å²) in [6.07, 6.45) is 7.08. The predicted molar refractivity (Wildman–Crippen MR) is 96.3 cm³/mol. The number of benzene rings is 2. The lowest BCUT2D eigenvalue weighted by atomic mass is 9.75. The molecule has 4 saturated carbocycles. The van der Waals surface area contributed by atoms with E-state index in [0.29, 0.717) is 5.41 Å². The maximum atomic E-state index is 5.22. The lowest BCUT2D eigenvalue weighted by Crippen LogP contribution is -2.31. The maximum absolute atomic E-state index is 5.22. The summed E-state index contributed by atoms with van der Waals surface area (Å²) < 4.78 is 2.47. The van der Waals surface area contributed by atoms with E-state index in [1.165, 1.54) is 49.1 Å². The van der Waals surface area contributed by atoms with Crippen LogP contribution in [-0.2, 0) is 5.41 Å². The van der Waals surface area contributed by atoms with Crippen molar-refractivity contribution in [3.8, 4) is 5.69 Å². The van der Waals surface area contributed by atoms with Gasteiger partial charge in [-0.1, -0.05) is 30.3 Å². The van der Waals surface area contributed by atoms with Crippen molar-refractivity contribution in [1.82, 2.24) is 9.55 Å². The molecule has 2 nitrogen and oxygen atoms in total. The average molecular weight is 314 g/mol. The van der Waals surface area contributed by atoms with Crippen LogP contribution in [0.25, 0.3) is 16.7 Å². The van der Waals surface area contributed by atoms with E-state index in [-0.39, 0.29) is 0 Å². The molecular weight excluding hydrogens is 292 g/mol. The molecule has 0 radical (unpaired) electrons. The van der Waals surface area contributed by atoms with Gasteiger partial charge in [0.15, 0.2) is 0 Å². The summed E-state index contributed by atoms with van der Waals surface area (Å²) in [5.41, 5.74) is 4.01. The van der Waals surface area contributed by atoms with E-state index >= 15 is 0 Å². The number of hydrogen-bond donors (Lipinski definition) is 0. The van der Waals surface area contributed by atoms with Gasteiger partial charge in [-0.05, 0) is 74.1 Å². The predicted octanol–water partition coefficient (Wildman–Crippen LogP) is 5.10. The van der Waals surface area contributed by atoms with Gasteiger partial charge in [0.1, 0.15) is 5.82 Å². The second-order valence-corrected chi connectivity index (χ2v) is 8.30. The van der Waals surface area contributed by atoms with Crippen molar-refractivity contribution in [3.63, 3.8) is 0 Å². The van der Waals surface area contributed by atoms with Gasteiger partial charge in [0, 0.05) is 11.1 Å². The standard InChI is InChI=1S/C22H22N2/c1-2-6-18(7-3-1)24-20-9-5-4-8-19(20)23-21(24)22-13-15-10-16(14-22)12-17(22)11-15/h1-9,15-17H,10-14H2. The second-order valence-electron chi connectivity index (χ2n) is 8.30. The third-order valence-electron chi connectivity index (χ3n) is 7.01. The zero-order valence-electron chi connectivity index (χ0n) is 13.9. The molecule has 1 heterocycles. The maximum Gasteiger partial charge on any atom is 0.121 e. The number of nitrogens with zero attached hydrogens (tertiary/aromatic N) is 2. The molecule has 7 rings (SSSR count). The third-order valence-corrected chi connectivity index (χ3v) is 7.01. The first-order chi connectivity index (χ1) is 11.8. The highest BCUT2D eigenvalue weighted by Gasteiger charge is 2.60. The second kappa shape index (κ2) is 4.50. The van der Waals surface area contributed by atoms with Gasteiger partial charge in [-0.2, -0.15) is 0 Å². The normalized spacial score (nSPS) is 33.6. The Labute approximate surface area is 142 Å². The summed E-state index contributed by atoms with van der Waals surface area (Å²) in [5, 5.41) is 0. The van der Waals surface area contributed by atoms with Crippen LogP contribution in [0.5, 0.6) is 0 Å². The van der Waals surface area contributed by atoms with Crippen LogP contribution in [0.2, 0.25) is 0 Å². The molecule has 2 atom stereocenters. The van der Waals surface area contributed by atoms with E-state index in [2.05, 4.69) is 59.2 Å². The van der Waals surface area contributed by atoms with Gasteiger partial charge < -0.3 is 0 Å². The fourth-order valence-corrected chi connectivity index (χ4v) is 6.36. The van der Waals surface area contributed by atoms with Gasteiger partial charge in [-0.15, -0.1) is 0 Å². The highest BCUT2D eigenvalue weighted by molar-refractivity contribution is 5.78. The van der Waals surface area contributed by atoms with Crippen LogP contribution in [0.4, 0.5) is 0 Å². The highest BCUT2D eigenvalue weighted by Crippen LogP contribution is 2.66. The van der Waals surface area contributed by atoms with E-state index in [1.54, 1.807) is 0 Å². The Morgan fingerprint density at radius 1 is 0.833 bits per heavy atom. The third kappa shape index (κ3) is 1.59. The monoisotopic (exact) mass is 314 g/mol. The topological polar surface area (TPSA) is 17.8 Å². The van der Waals surface area contributed by atoms with Crippen molar-refractivity contribution >= 4 is 11.0 Å². The Balaban J connectivity index is 1.65. The lowest BCUT2D eigenvalue weighted by Gasteiger charge is -2.33. The first-order valence-corrected chi connectivity index (χ1v) is 9.37. The van der Waals surface area contributed by atoms with Gasteiger partial charge in [0.2, 0.25) is 0 Å². The quantitative estimate of drug-likeness (QED) is 0.643. The number of rotatable bonds is 2. The fourth-order valence-electron chi connectivity index (χ4n) is 6.36. The van der Waals surface area contributed by atoms with Crippen molar-refractivity contribution < 1.29 is 0 Å². The number of imidazole rings is 1. The van der Waals surface area contributed by atoms with Crippen LogP contribution in [0.1, 0.15) is 37.9 Å². The van der Waals surface area contributed by atoms with Crippen molar-refractivity contribution in [2.75, 3.05) is 0 Å². The molecule has 0 saturated heterocycles. The summed E-state index contributed by atoms with van der Waals surface area (Å²) in [5.74, 6) is 4.11. The minimum absolute atomic E-state index is 0.336. The Hall–Kier alpha value is -2.09. The zero-order chi connectivity index (χ0) is 15.7. The molecule has 0 spiro atoms. The Morgan fingerprint density at radius 3 is 2.33 bits per heavy atom. The van der Waals surface area contributed by atoms with E-state index in [0.717, 1.165) is 23.3 Å². The summed E-state index contributed by atoms with van der Waals surface area (Å²) in [6, 6.07) is 19.5. The summed E-state index contributed by atoms with van der Waals surface area (Å²) in [4.78, 5) is 5.22. The zero-order valence-corrected chi connectivity index (χ0v) is 13.9. The number of aromatic nitrogens is 2. The summed E-state index contributed by atoms with van der Waals surface area (Å²) in [6.45, 7) is 0.